The van der Waals surface area contributed by atoms with Crippen LogP contribution in [0.3, 0.4) is 0 Å². The van der Waals surface area contributed by atoms with E-state index in [1.807, 2.05) is 0 Å². The van der Waals surface area contributed by atoms with Crippen molar-refractivity contribution >= 4 is 23.2 Å². The first-order valence-electron chi connectivity index (χ1n) is 6.21. The molecule has 1 fully saturated rings. The van der Waals surface area contributed by atoms with E-state index in [9.17, 15) is 0 Å². The molecule has 1 saturated heterocycles. The fourth-order valence-corrected chi connectivity index (χ4v) is 2.78. The molecule has 2 heterocycles. The third-order valence-corrected chi connectivity index (χ3v) is 3.94. The third kappa shape index (κ3) is 3.82. The smallest absolute Gasteiger partial charge is 0.0649 e. The first-order valence-corrected chi connectivity index (χ1v) is 6.96. The molecule has 0 spiro atoms. The van der Waals surface area contributed by atoms with Crippen LogP contribution < -0.4 is 0 Å². The average Bonchev–Trinajstić information content (AvgIpc) is 2.35. The predicted octanol–water partition coefficient (Wildman–Crippen LogP) is 3.25. The zero-order chi connectivity index (χ0) is 13.0. The van der Waals surface area contributed by atoms with Gasteiger partial charge < -0.3 is 9.64 Å². The van der Waals surface area contributed by atoms with Crippen molar-refractivity contribution in [2.45, 2.75) is 19.4 Å². The highest BCUT2D eigenvalue weighted by Crippen LogP contribution is 2.25. The first-order chi connectivity index (χ1) is 8.66. The summed E-state index contributed by atoms with van der Waals surface area (Å²) in [5, 5.41) is 1.28. The van der Waals surface area contributed by atoms with Crippen LogP contribution in [0.2, 0.25) is 10.0 Å². The van der Waals surface area contributed by atoms with E-state index in [0.717, 1.165) is 44.7 Å². The fraction of sp³-hybridized carbons (Fsp3) is 0.615. The number of hydrogen-bond acceptors (Lipinski definition) is 3. The Morgan fingerprint density at radius 3 is 2.50 bits per heavy atom. The quantitative estimate of drug-likeness (QED) is 0.850. The minimum absolute atomic E-state index is 0.640. The number of aromatic nitrogens is 1. The van der Waals surface area contributed by atoms with Crippen molar-refractivity contribution < 1.29 is 4.74 Å². The average molecular weight is 289 g/mol. The second-order valence-electron chi connectivity index (χ2n) is 4.83. The summed E-state index contributed by atoms with van der Waals surface area (Å²) in [6, 6.07) is 0. The van der Waals surface area contributed by atoms with E-state index in [2.05, 4.69) is 16.9 Å². The standard InChI is InChI=1S/C13H18Cl2N2O/c1-17(8-10-2-4-18-5-3-10)9-11-12(14)6-16-7-13(11)15/h6-7,10H,2-5,8-9H2,1H3. The van der Waals surface area contributed by atoms with Crippen LogP contribution >= 0.6 is 23.2 Å². The molecule has 100 valence electrons. The molecule has 0 bridgehead atoms. The van der Waals surface area contributed by atoms with Crippen LogP contribution in [0, 0.1) is 5.92 Å². The van der Waals surface area contributed by atoms with Crippen molar-refractivity contribution in [3.05, 3.63) is 28.0 Å². The lowest BCUT2D eigenvalue weighted by Crippen LogP contribution is -2.29. The summed E-state index contributed by atoms with van der Waals surface area (Å²) in [4.78, 5) is 6.24. The topological polar surface area (TPSA) is 25.4 Å². The van der Waals surface area contributed by atoms with Crippen LogP contribution in [0.5, 0.6) is 0 Å². The third-order valence-electron chi connectivity index (χ3n) is 3.29. The molecule has 0 atom stereocenters. The second-order valence-corrected chi connectivity index (χ2v) is 5.65. The molecule has 0 amide bonds. The van der Waals surface area contributed by atoms with Crippen molar-refractivity contribution in [3.8, 4) is 0 Å². The van der Waals surface area contributed by atoms with E-state index < -0.39 is 0 Å². The van der Waals surface area contributed by atoms with Gasteiger partial charge in [0.1, 0.15) is 0 Å². The molecule has 2 rings (SSSR count). The number of hydrogen-bond donors (Lipinski definition) is 0. The summed E-state index contributed by atoms with van der Waals surface area (Å²) < 4.78 is 5.37. The normalized spacial score (nSPS) is 17.3. The van der Waals surface area contributed by atoms with Crippen molar-refractivity contribution in [2.75, 3.05) is 26.8 Å². The zero-order valence-electron chi connectivity index (χ0n) is 10.5. The van der Waals surface area contributed by atoms with Gasteiger partial charge in [-0.2, -0.15) is 0 Å². The summed E-state index contributed by atoms with van der Waals surface area (Å²) in [7, 11) is 2.10. The van der Waals surface area contributed by atoms with Gasteiger partial charge in [-0.1, -0.05) is 23.2 Å². The molecule has 18 heavy (non-hydrogen) atoms. The highest BCUT2D eigenvalue weighted by molar-refractivity contribution is 6.35. The number of halogens is 2. The van der Waals surface area contributed by atoms with Crippen molar-refractivity contribution in [2.24, 2.45) is 5.92 Å². The number of nitrogens with zero attached hydrogens (tertiary/aromatic N) is 2. The van der Waals surface area contributed by atoms with Crippen LogP contribution in [0.4, 0.5) is 0 Å². The molecule has 1 aliphatic heterocycles. The van der Waals surface area contributed by atoms with Crippen LogP contribution in [0.15, 0.2) is 12.4 Å². The monoisotopic (exact) mass is 288 g/mol. The SMILES string of the molecule is CN(Cc1c(Cl)cncc1Cl)CC1CCOCC1. The van der Waals surface area contributed by atoms with Gasteiger partial charge in [0.05, 0.1) is 10.0 Å². The Morgan fingerprint density at radius 2 is 1.89 bits per heavy atom. The highest BCUT2D eigenvalue weighted by atomic mass is 35.5. The molecule has 0 saturated carbocycles. The maximum Gasteiger partial charge on any atom is 0.0649 e. The molecular weight excluding hydrogens is 271 g/mol. The van der Waals surface area contributed by atoms with Gasteiger partial charge in [0.2, 0.25) is 0 Å². The van der Waals surface area contributed by atoms with Gasteiger partial charge in [0.25, 0.3) is 0 Å². The van der Waals surface area contributed by atoms with E-state index in [4.69, 9.17) is 27.9 Å². The number of rotatable bonds is 4. The molecule has 0 aliphatic carbocycles. The van der Waals surface area contributed by atoms with Crippen LogP contribution in [0.25, 0.3) is 0 Å². The van der Waals surface area contributed by atoms with E-state index in [0.29, 0.717) is 16.0 Å². The van der Waals surface area contributed by atoms with Gasteiger partial charge in [0, 0.05) is 44.3 Å². The van der Waals surface area contributed by atoms with E-state index >= 15 is 0 Å². The highest BCUT2D eigenvalue weighted by Gasteiger charge is 2.17. The molecule has 0 N–H and O–H groups in total. The van der Waals surface area contributed by atoms with Gasteiger partial charge >= 0.3 is 0 Å². The zero-order valence-corrected chi connectivity index (χ0v) is 12.0. The van der Waals surface area contributed by atoms with E-state index in [1.54, 1.807) is 12.4 Å². The summed E-state index contributed by atoms with van der Waals surface area (Å²) in [5.74, 6) is 0.711. The Hall–Kier alpha value is -0.350. The predicted molar refractivity (Wildman–Crippen MR) is 74.1 cm³/mol. The molecule has 3 nitrogen and oxygen atoms in total. The number of ether oxygens (including phenoxy) is 1. The summed E-state index contributed by atoms with van der Waals surface area (Å²) in [5.41, 5.74) is 0.961. The Morgan fingerprint density at radius 1 is 1.28 bits per heavy atom. The number of pyridine rings is 1. The molecule has 1 aliphatic rings. The maximum absolute atomic E-state index is 6.12. The van der Waals surface area contributed by atoms with Gasteiger partial charge in [0.15, 0.2) is 0 Å². The van der Waals surface area contributed by atoms with Gasteiger partial charge in [-0.05, 0) is 25.8 Å². The lowest BCUT2D eigenvalue weighted by molar-refractivity contribution is 0.0549. The maximum atomic E-state index is 6.12. The summed E-state index contributed by atoms with van der Waals surface area (Å²) in [6.45, 7) is 3.58. The Labute approximate surface area is 118 Å². The molecule has 0 unspecified atom stereocenters. The van der Waals surface area contributed by atoms with Crippen molar-refractivity contribution in [1.82, 2.24) is 9.88 Å². The van der Waals surface area contributed by atoms with E-state index in [1.165, 1.54) is 0 Å². The van der Waals surface area contributed by atoms with Crippen molar-refractivity contribution in [1.29, 1.82) is 0 Å². The van der Waals surface area contributed by atoms with Crippen molar-refractivity contribution in [3.63, 3.8) is 0 Å². The molecule has 5 heteroatoms. The van der Waals surface area contributed by atoms with Crippen LogP contribution in [-0.4, -0.2) is 36.7 Å². The molecule has 1 aromatic heterocycles. The first kappa shape index (κ1) is 14.1. The minimum atomic E-state index is 0.640. The molecule has 0 radical (unpaired) electrons. The molecular formula is C13H18Cl2N2O. The van der Waals surface area contributed by atoms with Gasteiger partial charge in [-0.15, -0.1) is 0 Å². The second kappa shape index (κ2) is 6.71. The Balaban J connectivity index is 1.92. The lowest BCUT2D eigenvalue weighted by Gasteiger charge is -2.27. The largest absolute Gasteiger partial charge is 0.381 e. The lowest BCUT2D eigenvalue weighted by atomic mass is 10.00. The summed E-state index contributed by atoms with van der Waals surface area (Å²) >= 11 is 12.2. The van der Waals surface area contributed by atoms with Gasteiger partial charge in [-0.25, -0.2) is 0 Å². The molecule has 1 aromatic rings. The molecule has 0 aromatic carbocycles. The fourth-order valence-electron chi connectivity index (χ4n) is 2.29. The van der Waals surface area contributed by atoms with E-state index in [-0.39, 0.29) is 0 Å². The Kier molecular flexibility index (Phi) is 5.25. The Bertz CT molecular complexity index is 374. The van der Waals surface area contributed by atoms with Crippen LogP contribution in [-0.2, 0) is 11.3 Å². The van der Waals surface area contributed by atoms with Crippen LogP contribution in [0.1, 0.15) is 18.4 Å². The summed E-state index contributed by atoms with van der Waals surface area (Å²) in [6.07, 6.45) is 5.57. The minimum Gasteiger partial charge on any atom is -0.381 e. The van der Waals surface area contributed by atoms with Gasteiger partial charge in [-0.3, -0.25) is 4.98 Å².